The second-order valence-corrected chi connectivity index (χ2v) is 6.84. The van der Waals surface area contributed by atoms with Gasteiger partial charge in [0.2, 0.25) is 0 Å². The Bertz CT molecular complexity index is 625. The van der Waals surface area contributed by atoms with E-state index in [-0.39, 0.29) is 23.2 Å². The lowest BCUT2D eigenvalue weighted by molar-refractivity contribution is -0.133. The van der Waals surface area contributed by atoms with Crippen LogP contribution in [0, 0.1) is 6.92 Å². The molecule has 6 nitrogen and oxygen atoms in total. The van der Waals surface area contributed by atoms with Gasteiger partial charge in [0.15, 0.2) is 12.4 Å². The monoisotopic (exact) mass is 298 g/mol. The molecule has 3 fully saturated rings. The summed E-state index contributed by atoms with van der Waals surface area (Å²) in [5.41, 5.74) is 0.984. The Morgan fingerprint density at radius 2 is 1.90 bits per heavy atom. The van der Waals surface area contributed by atoms with Gasteiger partial charge in [0.05, 0.1) is 11.5 Å². The van der Waals surface area contributed by atoms with Gasteiger partial charge in [-0.3, -0.25) is 4.18 Å². The number of aryl methyl sites for hydroxylation is 1. The van der Waals surface area contributed by atoms with Gasteiger partial charge in [0.25, 0.3) is 10.1 Å². The standard InChI is InChI=1S/C13H14O6S/c1-7-2-4-8(5-3-7)20(14,15)19-12-11-10(18-11)9-6-16-13(12)17-9/h2-5,9-13H,6H2,1H3/t9-,10-,11-,12+,13+/m0/s1. The fourth-order valence-electron chi connectivity index (χ4n) is 2.65. The molecule has 0 amide bonds. The van der Waals surface area contributed by atoms with Crippen molar-refractivity contribution in [3.63, 3.8) is 0 Å². The molecular formula is C13H14O6S. The van der Waals surface area contributed by atoms with Crippen LogP contribution in [0.15, 0.2) is 29.2 Å². The molecule has 108 valence electrons. The van der Waals surface area contributed by atoms with Gasteiger partial charge >= 0.3 is 0 Å². The highest BCUT2D eigenvalue weighted by atomic mass is 32.2. The highest BCUT2D eigenvalue weighted by Gasteiger charge is 2.63. The van der Waals surface area contributed by atoms with E-state index in [1.807, 2.05) is 6.92 Å². The molecule has 0 saturated carbocycles. The molecule has 0 N–H and O–H groups in total. The Labute approximate surface area is 116 Å². The lowest BCUT2D eigenvalue weighted by atomic mass is 10.1. The van der Waals surface area contributed by atoms with Crippen molar-refractivity contribution in [3.05, 3.63) is 29.8 Å². The van der Waals surface area contributed by atoms with E-state index in [0.29, 0.717) is 6.61 Å². The first-order valence-corrected chi connectivity index (χ1v) is 7.88. The molecule has 0 spiro atoms. The van der Waals surface area contributed by atoms with E-state index in [0.717, 1.165) is 5.56 Å². The minimum atomic E-state index is -3.85. The molecule has 0 aliphatic carbocycles. The largest absolute Gasteiger partial charge is 0.364 e. The summed E-state index contributed by atoms with van der Waals surface area (Å²) in [6.45, 7) is 2.32. The molecular weight excluding hydrogens is 284 g/mol. The summed E-state index contributed by atoms with van der Waals surface area (Å²) < 4.78 is 46.2. The van der Waals surface area contributed by atoms with E-state index in [9.17, 15) is 8.42 Å². The third-order valence-corrected chi connectivity index (χ3v) is 5.13. The van der Waals surface area contributed by atoms with Crippen LogP contribution >= 0.6 is 0 Å². The maximum atomic E-state index is 12.3. The van der Waals surface area contributed by atoms with E-state index >= 15 is 0 Å². The van der Waals surface area contributed by atoms with Gasteiger partial charge in [-0.05, 0) is 19.1 Å². The van der Waals surface area contributed by atoms with Crippen molar-refractivity contribution in [3.8, 4) is 0 Å². The van der Waals surface area contributed by atoms with Crippen molar-refractivity contribution in [2.75, 3.05) is 6.61 Å². The van der Waals surface area contributed by atoms with E-state index in [4.69, 9.17) is 18.4 Å². The predicted molar refractivity (Wildman–Crippen MR) is 66.5 cm³/mol. The molecule has 0 radical (unpaired) electrons. The molecule has 4 rings (SSSR count). The van der Waals surface area contributed by atoms with Crippen LogP contribution in [0.2, 0.25) is 0 Å². The lowest BCUT2D eigenvalue weighted by Gasteiger charge is -2.23. The van der Waals surface area contributed by atoms with Crippen LogP contribution in [0.5, 0.6) is 0 Å². The summed E-state index contributed by atoms with van der Waals surface area (Å²) >= 11 is 0. The lowest BCUT2D eigenvalue weighted by Crippen LogP contribution is -2.42. The number of rotatable bonds is 3. The van der Waals surface area contributed by atoms with E-state index < -0.39 is 22.5 Å². The Morgan fingerprint density at radius 3 is 2.65 bits per heavy atom. The molecule has 7 heteroatoms. The minimum absolute atomic E-state index is 0.0908. The summed E-state index contributed by atoms with van der Waals surface area (Å²) in [4.78, 5) is 0.125. The fraction of sp³-hybridized carbons (Fsp3) is 0.538. The third-order valence-electron chi connectivity index (χ3n) is 3.80. The Balaban J connectivity index is 1.57. The van der Waals surface area contributed by atoms with E-state index in [2.05, 4.69) is 0 Å². The maximum Gasteiger partial charge on any atom is 0.297 e. The van der Waals surface area contributed by atoms with Gasteiger partial charge in [-0.2, -0.15) is 8.42 Å². The first-order valence-electron chi connectivity index (χ1n) is 6.47. The quantitative estimate of drug-likeness (QED) is 0.600. The number of fused-ring (bicyclic) bond motifs is 4. The highest BCUT2D eigenvalue weighted by Crippen LogP contribution is 2.43. The number of hydrogen-bond acceptors (Lipinski definition) is 6. The molecule has 1 aromatic carbocycles. The van der Waals surface area contributed by atoms with Gasteiger partial charge in [-0.1, -0.05) is 17.7 Å². The van der Waals surface area contributed by atoms with E-state index in [1.54, 1.807) is 12.1 Å². The van der Waals surface area contributed by atoms with Crippen molar-refractivity contribution in [2.24, 2.45) is 0 Å². The van der Waals surface area contributed by atoms with Crippen molar-refractivity contribution in [2.45, 2.75) is 42.5 Å². The smallest absolute Gasteiger partial charge is 0.297 e. The summed E-state index contributed by atoms with van der Waals surface area (Å²) in [6.07, 6.45) is -1.84. The maximum absolute atomic E-state index is 12.3. The zero-order valence-electron chi connectivity index (χ0n) is 10.8. The number of epoxide rings is 1. The SMILES string of the molecule is Cc1ccc(S(=O)(=O)O[C@H]2[C@@H]3OC[C@H](O3)[C@@H]3O[C@@H]32)cc1. The Morgan fingerprint density at radius 1 is 1.15 bits per heavy atom. The van der Waals surface area contributed by atoms with Crippen LogP contribution in [-0.2, 0) is 28.5 Å². The van der Waals surface area contributed by atoms with E-state index in [1.165, 1.54) is 12.1 Å². The van der Waals surface area contributed by atoms with Crippen molar-refractivity contribution in [1.82, 2.24) is 0 Å². The second-order valence-electron chi connectivity index (χ2n) is 5.27. The van der Waals surface area contributed by atoms with Crippen LogP contribution in [0.25, 0.3) is 0 Å². The minimum Gasteiger partial charge on any atom is -0.364 e. The van der Waals surface area contributed by atoms with Crippen LogP contribution in [0.1, 0.15) is 5.56 Å². The average Bonchev–Trinajstić information content (AvgIpc) is 3.09. The van der Waals surface area contributed by atoms with Gasteiger partial charge < -0.3 is 14.2 Å². The van der Waals surface area contributed by atoms with Gasteiger partial charge in [-0.15, -0.1) is 0 Å². The van der Waals surface area contributed by atoms with Crippen molar-refractivity contribution in [1.29, 1.82) is 0 Å². The number of ether oxygens (including phenoxy) is 3. The van der Waals surface area contributed by atoms with Crippen LogP contribution in [0.3, 0.4) is 0 Å². The molecule has 0 aromatic heterocycles. The van der Waals surface area contributed by atoms with Crippen molar-refractivity contribution >= 4 is 10.1 Å². The summed E-state index contributed by atoms with van der Waals surface area (Å²) in [5, 5.41) is 0. The summed E-state index contributed by atoms with van der Waals surface area (Å²) in [6, 6.07) is 6.51. The Kier molecular flexibility index (Phi) is 2.71. The average molecular weight is 298 g/mol. The molecule has 3 heterocycles. The molecule has 1 aromatic rings. The molecule has 2 bridgehead atoms. The van der Waals surface area contributed by atoms with Crippen LogP contribution in [0.4, 0.5) is 0 Å². The highest BCUT2D eigenvalue weighted by molar-refractivity contribution is 7.86. The van der Waals surface area contributed by atoms with Gasteiger partial charge in [-0.25, -0.2) is 0 Å². The summed E-state index contributed by atoms with van der Waals surface area (Å²) in [5.74, 6) is 0. The van der Waals surface area contributed by atoms with Gasteiger partial charge in [0.1, 0.15) is 18.3 Å². The summed E-state index contributed by atoms with van der Waals surface area (Å²) in [7, 11) is -3.85. The molecule has 3 saturated heterocycles. The molecule has 0 unspecified atom stereocenters. The molecule has 5 atom stereocenters. The fourth-order valence-corrected chi connectivity index (χ4v) is 3.72. The normalized spacial score (nSPS) is 38.5. The second kappa shape index (κ2) is 4.25. The first-order chi connectivity index (χ1) is 9.54. The number of hydrogen-bond donors (Lipinski definition) is 0. The Hall–Kier alpha value is -0.990. The zero-order valence-corrected chi connectivity index (χ0v) is 11.6. The molecule has 3 aliphatic rings. The predicted octanol–water partition coefficient (Wildman–Crippen LogP) is 0.591. The first kappa shape index (κ1) is 12.7. The van der Waals surface area contributed by atoms with Crippen molar-refractivity contribution < 1.29 is 26.8 Å². The topological polar surface area (TPSA) is 74.4 Å². The van der Waals surface area contributed by atoms with Crippen LogP contribution < -0.4 is 0 Å². The van der Waals surface area contributed by atoms with Crippen LogP contribution in [-0.4, -0.2) is 45.7 Å². The number of benzene rings is 1. The molecule has 3 aliphatic heterocycles. The van der Waals surface area contributed by atoms with Gasteiger partial charge in [0, 0.05) is 0 Å². The third kappa shape index (κ3) is 1.97. The zero-order chi connectivity index (χ0) is 13.9. The molecule has 20 heavy (non-hydrogen) atoms.